The topological polar surface area (TPSA) is 0 Å². The Labute approximate surface area is 143 Å². The van der Waals surface area contributed by atoms with E-state index in [1.165, 1.54) is 69.8 Å². The van der Waals surface area contributed by atoms with Gasteiger partial charge in [0.2, 0.25) is 0 Å². The molecule has 126 valence electrons. The number of benzene rings is 1. The summed E-state index contributed by atoms with van der Waals surface area (Å²) in [4.78, 5) is 0. The molecule has 2 rings (SSSR count). The average molecular weight is 314 g/mol. The Morgan fingerprint density at radius 3 is 2.26 bits per heavy atom. The highest BCUT2D eigenvalue weighted by Crippen LogP contribution is 2.43. The smallest absolute Gasteiger partial charge is 0.123 e. The number of rotatable bonds is 2. The predicted molar refractivity (Wildman–Crippen MR) is 101 cm³/mol. The normalized spacial score (nSPS) is 28.2. The van der Waals surface area contributed by atoms with Gasteiger partial charge in [-0.3, -0.25) is 0 Å². The van der Waals surface area contributed by atoms with Crippen LogP contribution in [0, 0.1) is 5.82 Å². The van der Waals surface area contributed by atoms with Crippen LogP contribution in [0.2, 0.25) is 5.31 Å². The van der Waals surface area contributed by atoms with Gasteiger partial charge in [0.15, 0.2) is 0 Å². The van der Waals surface area contributed by atoms with Crippen molar-refractivity contribution in [1.29, 1.82) is 0 Å². The van der Waals surface area contributed by atoms with Crippen molar-refractivity contribution in [3.63, 3.8) is 0 Å². The Bertz CT molecular complexity index is 479. The molecule has 0 radical (unpaired) electrons. The fourth-order valence-corrected chi connectivity index (χ4v) is 4.14. The van der Waals surface area contributed by atoms with E-state index in [1.807, 2.05) is 12.1 Å². The van der Waals surface area contributed by atoms with Crippen LogP contribution in [0.15, 0.2) is 36.4 Å². The van der Waals surface area contributed by atoms with Crippen molar-refractivity contribution in [3.05, 3.63) is 47.8 Å². The molecule has 1 aliphatic carbocycles. The number of halogens is 1. The number of hydrogen-bond acceptors (Lipinski definition) is 0. The maximum atomic E-state index is 13.3. The van der Waals surface area contributed by atoms with Crippen LogP contribution in [0.3, 0.4) is 0 Å². The maximum absolute atomic E-state index is 13.3. The zero-order valence-electron chi connectivity index (χ0n) is 15.0. The Morgan fingerprint density at radius 2 is 1.61 bits per heavy atom. The van der Waals surface area contributed by atoms with Crippen molar-refractivity contribution in [2.24, 2.45) is 0 Å². The first-order valence-corrected chi connectivity index (χ1v) is 9.52. The lowest BCUT2D eigenvalue weighted by atomic mass is 9.60. The number of hydrogen-bond donors (Lipinski definition) is 0. The molecule has 23 heavy (non-hydrogen) atoms. The lowest BCUT2D eigenvalue weighted by Gasteiger charge is -2.32. The van der Waals surface area contributed by atoms with Crippen molar-refractivity contribution >= 4 is 7.85 Å². The molecule has 2 atom stereocenters. The zero-order chi connectivity index (χ0) is 16.5. The minimum atomic E-state index is -0.127. The first-order valence-electron chi connectivity index (χ1n) is 9.52. The summed E-state index contributed by atoms with van der Waals surface area (Å²) < 4.78 is 13.3. The van der Waals surface area contributed by atoms with Gasteiger partial charge in [0.1, 0.15) is 13.7 Å². The van der Waals surface area contributed by atoms with Crippen LogP contribution in [-0.2, 0) is 0 Å². The predicted octanol–water partition coefficient (Wildman–Crippen LogP) is 6.19. The molecule has 0 N–H and O–H groups in total. The summed E-state index contributed by atoms with van der Waals surface area (Å²) >= 11 is 0. The van der Waals surface area contributed by atoms with Crippen LogP contribution in [0.5, 0.6) is 0 Å². The highest BCUT2D eigenvalue weighted by molar-refractivity contribution is 6.16. The first kappa shape index (κ1) is 18.3. The third-order valence-electron chi connectivity index (χ3n) is 5.42. The molecule has 0 spiro atoms. The monoisotopic (exact) mass is 314 g/mol. The SMILES string of the molecule is BC1(/C=C/C)CCCCCCCCCC(c2ccc(F)cc2)C1. The van der Waals surface area contributed by atoms with Gasteiger partial charge in [-0.15, -0.1) is 0 Å². The molecule has 0 nitrogen and oxygen atoms in total. The standard InChI is InChI=1S/C21H32BF/c1-2-15-21(22)16-9-7-5-3-4-6-8-10-19(17-21)18-11-13-20(23)14-12-18/h2,11-15,19H,3-10,16-17,22H2,1H3/b15-2+. The minimum Gasteiger partial charge on any atom is -0.207 e. The summed E-state index contributed by atoms with van der Waals surface area (Å²) in [5.41, 5.74) is 1.32. The van der Waals surface area contributed by atoms with E-state index < -0.39 is 0 Å². The van der Waals surface area contributed by atoms with Gasteiger partial charge < -0.3 is 0 Å². The molecule has 0 bridgehead atoms. The van der Waals surface area contributed by atoms with Crippen molar-refractivity contribution in [2.75, 3.05) is 0 Å². The maximum Gasteiger partial charge on any atom is 0.123 e. The summed E-state index contributed by atoms with van der Waals surface area (Å²) in [5, 5.41) is 0.271. The van der Waals surface area contributed by atoms with Crippen molar-refractivity contribution in [3.8, 4) is 0 Å². The van der Waals surface area contributed by atoms with Crippen molar-refractivity contribution in [1.82, 2.24) is 0 Å². The van der Waals surface area contributed by atoms with E-state index in [4.69, 9.17) is 0 Å². The van der Waals surface area contributed by atoms with Gasteiger partial charge in [-0.05, 0) is 48.7 Å². The molecule has 0 heterocycles. The first-order chi connectivity index (χ1) is 11.1. The fraction of sp³-hybridized carbons (Fsp3) is 0.619. The van der Waals surface area contributed by atoms with Gasteiger partial charge in [-0.1, -0.05) is 75.7 Å². The van der Waals surface area contributed by atoms with Gasteiger partial charge in [0.25, 0.3) is 0 Å². The van der Waals surface area contributed by atoms with E-state index in [1.54, 1.807) is 12.1 Å². The molecule has 2 unspecified atom stereocenters. The molecule has 1 saturated carbocycles. The Kier molecular flexibility index (Phi) is 7.40. The van der Waals surface area contributed by atoms with Crippen LogP contribution < -0.4 is 0 Å². The van der Waals surface area contributed by atoms with Crippen LogP contribution >= 0.6 is 0 Å². The van der Waals surface area contributed by atoms with Gasteiger partial charge in [-0.25, -0.2) is 4.39 Å². The molecule has 0 aliphatic heterocycles. The second-order valence-electron chi connectivity index (χ2n) is 7.62. The molecular weight excluding hydrogens is 282 g/mol. The summed E-state index contributed by atoms with van der Waals surface area (Å²) in [5.74, 6) is 0.425. The zero-order valence-corrected chi connectivity index (χ0v) is 15.0. The largest absolute Gasteiger partial charge is 0.207 e. The van der Waals surface area contributed by atoms with Gasteiger partial charge in [0, 0.05) is 0 Å². The van der Waals surface area contributed by atoms with Crippen molar-refractivity contribution in [2.45, 2.75) is 82.4 Å². The van der Waals surface area contributed by atoms with E-state index in [0.29, 0.717) is 5.92 Å². The molecule has 0 amide bonds. The molecule has 0 saturated heterocycles. The summed E-state index contributed by atoms with van der Waals surface area (Å²) in [6.45, 7) is 2.13. The van der Waals surface area contributed by atoms with Gasteiger partial charge in [0.05, 0.1) is 0 Å². The number of allylic oxidation sites excluding steroid dienone is 2. The highest BCUT2D eigenvalue weighted by Gasteiger charge is 2.26. The summed E-state index contributed by atoms with van der Waals surface area (Å²) in [6, 6.07) is 7.25. The molecule has 2 heteroatoms. The molecule has 1 fully saturated rings. The molecule has 1 aromatic rings. The summed E-state index contributed by atoms with van der Waals surface area (Å²) in [6.07, 6.45) is 17.8. The lowest BCUT2D eigenvalue weighted by molar-refractivity contribution is 0.426. The van der Waals surface area contributed by atoms with Crippen LogP contribution in [-0.4, -0.2) is 7.85 Å². The molecular formula is C21H32BF. The van der Waals surface area contributed by atoms with E-state index >= 15 is 0 Å². The Hall–Kier alpha value is -1.05. The Balaban J connectivity index is 2.17. The molecule has 1 aromatic carbocycles. The van der Waals surface area contributed by atoms with Gasteiger partial charge in [-0.2, -0.15) is 0 Å². The second-order valence-corrected chi connectivity index (χ2v) is 7.62. The second kappa shape index (κ2) is 9.30. The highest BCUT2D eigenvalue weighted by atomic mass is 19.1. The van der Waals surface area contributed by atoms with Crippen molar-refractivity contribution < 1.29 is 4.39 Å². The van der Waals surface area contributed by atoms with Crippen LogP contribution in [0.25, 0.3) is 0 Å². The van der Waals surface area contributed by atoms with E-state index in [0.717, 1.165) is 0 Å². The summed E-state index contributed by atoms with van der Waals surface area (Å²) in [7, 11) is 2.41. The van der Waals surface area contributed by atoms with Crippen LogP contribution in [0.4, 0.5) is 4.39 Å². The van der Waals surface area contributed by atoms with Gasteiger partial charge >= 0.3 is 0 Å². The van der Waals surface area contributed by atoms with E-state index in [2.05, 4.69) is 26.9 Å². The Morgan fingerprint density at radius 1 is 1.00 bits per heavy atom. The van der Waals surface area contributed by atoms with E-state index in [-0.39, 0.29) is 11.1 Å². The molecule has 0 aromatic heterocycles. The minimum absolute atomic E-state index is 0.127. The third-order valence-corrected chi connectivity index (χ3v) is 5.42. The third kappa shape index (κ3) is 6.16. The fourth-order valence-electron chi connectivity index (χ4n) is 4.14. The average Bonchev–Trinajstić information content (AvgIpc) is 2.52. The van der Waals surface area contributed by atoms with Crippen LogP contribution in [0.1, 0.15) is 82.6 Å². The molecule has 1 aliphatic rings. The lowest BCUT2D eigenvalue weighted by Crippen LogP contribution is -2.16. The van der Waals surface area contributed by atoms with E-state index in [9.17, 15) is 4.39 Å². The quantitative estimate of drug-likeness (QED) is 0.451.